The Bertz CT molecular complexity index is 1300. The summed E-state index contributed by atoms with van der Waals surface area (Å²) in [6.07, 6.45) is 8.84. The molecule has 170 valence electrons. The molecule has 0 saturated carbocycles. The average Bonchev–Trinajstić information content (AvgIpc) is 3.56. The summed E-state index contributed by atoms with van der Waals surface area (Å²) in [5.74, 6) is 1.89. The van der Waals surface area contributed by atoms with E-state index in [1.54, 1.807) is 32.7 Å². The van der Waals surface area contributed by atoms with Crippen LogP contribution >= 0.6 is 0 Å². The molecule has 0 radical (unpaired) electrons. The zero-order chi connectivity index (χ0) is 22.9. The third-order valence-electron chi connectivity index (χ3n) is 6.35. The van der Waals surface area contributed by atoms with E-state index in [0.717, 1.165) is 34.9 Å². The van der Waals surface area contributed by atoms with Crippen LogP contribution in [0, 0.1) is 0 Å². The lowest BCUT2D eigenvalue weighted by Gasteiger charge is -2.20. The summed E-state index contributed by atoms with van der Waals surface area (Å²) in [6, 6.07) is 9.42. The number of furan rings is 1. The lowest BCUT2D eigenvalue weighted by Crippen LogP contribution is -2.32. The summed E-state index contributed by atoms with van der Waals surface area (Å²) in [5.41, 5.74) is 5.27. The maximum atomic E-state index is 13.2. The fourth-order valence-electron chi connectivity index (χ4n) is 4.62. The fourth-order valence-corrected chi connectivity index (χ4v) is 4.62. The molecule has 33 heavy (non-hydrogen) atoms. The molecule has 0 fully saturated rings. The van der Waals surface area contributed by atoms with E-state index in [4.69, 9.17) is 13.9 Å². The molecule has 1 atom stereocenters. The van der Waals surface area contributed by atoms with Crippen LogP contribution in [0.25, 0.3) is 11.0 Å². The number of imidazole rings is 1. The van der Waals surface area contributed by atoms with Crippen LogP contribution < -0.4 is 14.8 Å². The van der Waals surface area contributed by atoms with E-state index in [9.17, 15) is 4.79 Å². The molecule has 1 N–H and O–H groups in total. The summed E-state index contributed by atoms with van der Waals surface area (Å²) in [7, 11) is 5.12. The first-order valence-corrected chi connectivity index (χ1v) is 11.1. The van der Waals surface area contributed by atoms with Crippen LogP contribution in [0.1, 0.15) is 40.5 Å². The second kappa shape index (κ2) is 8.65. The van der Waals surface area contributed by atoms with Crippen molar-refractivity contribution in [1.29, 1.82) is 0 Å². The van der Waals surface area contributed by atoms with Gasteiger partial charge >= 0.3 is 0 Å². The lowest BCUT2D eigenvalue weighted by atomic mass is 10.0. The van der Waals surface area contributed by atoms with E-state index in [2.05, 4.69) is 22.4 Å². The largest absolute Gasteiger partial charge is 0.497 e. The highest BCUT2D eigenvalue weighted by Gasteiger charge is 2.24. The molecule has 0 unspecified atom stereocenters. The normalized spacial score (nSPS) is 13.7. The molecule has 7 nitrogen and oxygen atoms in total. The second-order valence-corrected chi connectivity index (χ2v) is 8.45. The molecule has 4 aromatic rings. The van der Waals surface area contributed by atoms with Crippen LogP contribution in [0.5, 0.6) is 11.5 Å². The van der Waals surface area contributed by atoms with Gasteiger partial charge in [0, 0.05) is 36.5 Å². The summed E-state index contributed by atoms with van der Waals surface area (Å²) in [4.78, 5) is 17.7. The summed E-state index contributed by atoms with van der Waals surface area (Å²) >= 11 is 0. The van der Waals surface area contributed by atoms with Gasteiger partial charge in [0.25, 0.3) is 0 Å². The Balaban J connectivity index is 1.45. The van der Waals surface area contributed by atoms with Gasteiger partial charge in [0.05, 0.1) is 26.9 Å². The average molecular weight is 446 g/mol. The quantitative estimate of drug-likeness (QED) is 0.463. The fraction of sp³-hybridized carbons (Fsp3) is 0.308. The molecule has 0 aliphatic heterocycles. The van der Waals surface area contributed by atoms with E-state index in [1.807, 2.05) is 29.9 Å². The highest BCUT2D eigenvalue weighted by molar-refractivity contribution is 5.89. The maximum absolute atomic E-state index is 13.2. The maximum Gasteiger partial charge on any atom is 0.225 e. The standard InChI is InChI=1S/C26H27N3O4/c1-29-8-7-27-26(29)25(18-9-20(31-2)14-21(10-18)32-3)28-24(30)13-19-15-33-23-12-17-6-4-5-16(17)11-22(19)23/h7-12,14-15,25H,4-6,13H2,1-3H3,(H,28,30)/t25-/m0/s1. The Morgan fingerprint density at radius 2 is 1.85 bits per heavy atom. The molecule has 2 aromatic carbocycles. The van der Waals surface area contributed by atoms with Crippen molar-refractivity contribution < 1.29 is 18.7 Å². The Morgan fingerprint density at radius 3 is 2.52 bits per heavy atom. The minimum atomic E-state index is -0.469. The molecule has 1 amide bonds. The molecule has 0 saturated heterocycles. The van der Waals surface area contributed by atoms with E-state index in [0.29, 0.717) is 17.3 Å². The van der Waals surface area contributed by atoms with Crippen molar-refractivity contribution in [3.8, 4) is 11.5 Å². The van der Waals surface area contributed by atoms with Crippen molar-refractivity contribution in [1.82, 2.24) is 14.9 Å². The van der Waals surface area contributed by atoms with Gasteiger partial charge in [0.2, 0.25) is 5.91 Å². The number of fused-ring (bicyclic) bond motifs is 2. The van der Waals surface area contributed by atoms with Crippen molar-refractivity contribution in [3.05, 3.63) is 77.1 Å². The third kappa shape index (κ3) is 4.06. The van der Waals surface area contributed by atoms with Gasteiger partial charge in [-0.1, -0.05) is 0 Å². The number of amides is 1. The predicted molar refractivity (Wildman–Crippen MR) is 125 cm³/mol. The van der Waals surface area contributed by atoms with Gasteiger partial charge < -0.3 is 23.8 Å². The van der Waals surface area contributed by atoms with Crippen LogP contribution in [0.3, 0.4) is 0 Å². The minimum Gasteiger partial charge on any atom is -0.497 e. The number of ether oxygens (including phenoxy) is 2. The third-order valence-corrected chi connectivity index (χ3v) is 6.35. The van der Waals surface area contributed by atoms with Crippen LogP contribution in [-0.4, -0.2) is 29.7 Å². The number of nitrogens with zero attached hydrogens (tertiary/aromatic N) is 2. The summed E-state index contributed by atoms with van der Waals surface area (Å²) < 4.78 is 18.6. The van der Waals surface area contributed by atoms with E-state index in [1.165, 1.54) is 17.5 Å². The van der Waals surface area contributed by atoms with Crippen LogP contribution in [0.4, 0.5) is 0 Å². The number of hydrogen-bond acceptors (Lipinski definition) is 5. The smallest absolute Gasteiger partial charge is 0.225 e. The van der Waals surface area contributed by atoms with Gasteiger partial charge in [-0.3, -0.25) is 4.79 Å². The van der Waals surface area contributed by atoms with E-state index < -0.39 is 6.04 Å². The first-order valence-electron chi connectivity index (χ1n) is 11.1. The monoisotopic (exact) mass is 445 g/mol. The number of benzene rings is 2. The van der Waals surface area contributed by atoms with Gasteiger partial charge in [-0.15, -0.1) is 0 Å². The van der Waals surface area contributed by atoms with Crippen LogP contribution in [0.15, 0.2) is 53.4 Å². The molecule has 0 spiro atoms. The Hall–Kier alpha value is -3.74. The number of aryl methyl sites for hydroxylation is 3. The lowest BCUT2D eigenvalue weighted by molar-refractivity contribution is -0.121. The Morgan fingerprint density at radius 1 is 1.12 bits per heavy atom. The van der Waals surface area contributed by atoms with Crippen molar-refractivity contribution in [3.63, 3.8) is 0 Å². The predicted octanol–water partition coefficient (Wildman–Crippen LogP) is 4.12. The van der Waals surface area contributed by atoms with Crippen molar-refractivity contribution in [2.75, 3.05) is 14.2 Å². The molecule has 1 aliphatic rings. The van der Waals surface area contributed by atoms with Crippen molar-refractivity contribution >= 4 is 16.9 Å². The molecule has 0 bridgehead atoms. The number of aromatic nitrogens is 2. The number of carbonyl (C=O) groups is 1. The molecular formula is C26H27N3O4. The van der Waals surface area contributed by atoms with E-state index in [-0.39, 0.29) is 12.3 Å². The van der Waals surface area contributed by atoms with Gasteiger partial charge in [0.1, 0.15) is 28.9 Å². The molecule has 1 aliphatic carbocycles. The van der Waals surface area contributed by atoms with Gasteiger partial charge in [-0.2, -0.15) is 0 Å². The number of methoxy groups -OCH3 is 2. The zero-order valence-corrected chi connectivity index (χ0v) is 19.1. The molecule has 2 heterocycles. The highest BCUT2D eigenvalue weighted by Crippen LogP contribution is 2.32. The minimum absolute atomic E-state index is 0.118. The number of rotatable bonds is 7. The summed E-state index contributed by atoms with van der Waals surface area (Å²) in [6.45, 7) is 0. The Kier molecular flexibility index (Phi) is 5.54. The molecule has 5 rings (SSSR count). The van der Waals surface area contributed by atoms with Crippen molar-refractivity contribution in [2.45, 2.75) is 31.7 Å². The van der Waals surface area contributed by atoms with Gasteiger partial charge in [-0.25, -0.2) is 4.98 Å². The van der Waals surface area contributed by atoms with E-state index >= 15 is 0 Å². The SMILES string of the molecule is COc1cc(OC)cc([C@H](NC(=O)Cc2coc3cc4c(cc23)CCC4)c2nccn2C)c1. The van der Waals surface area contributed by atoms with Gasteiger partial charge in [-0.05, 0) is 60.2 Å². The molecular weight excluding hydrogens is 418 g/mol. The summed E-state index contributed by atoms with van der Waals surface area (Å²) in [5, 5.41) is 4.18. The van der Waals surface area contributed by atoms with Crippen molar-refractivity contribution in [2.24, 2.45) is 7.05 Å². The van der Waals surface area contributed by atoms with Crippen LogP contribution in [-0.2, 0) is 31.1 Å². The van der Waals surface area contributed by atoms with Crippen LogP contribution in [0.2, 0.25) is 0 Å². The second-order valence-electron chi connectivity index (χ2n) is 8.45. The number of nitrogens with one attached hydrogen (secondary N) is 1. The first-order chi connectivity index (χ1) is 16.1. The number of carbonyl (C=O) groups excluding carboxylic acids is 1. The molecule has 7 heteroatoms. The first kappa shape index (κ1) is 21.1. The topological polar surface area (TPSA) is 78.5 Å². The van der Waals surface area contributed by atoms with Gasteiger partial charge in [0.15, 0.2) is 0 Å². The number of hydrogen-bond donors (Lipinski definition) is 1. The zero-order valence-electron chi connectivity index (χ0n) is 19.1. The molecule has 2 aromatic heterocycles. The highest BCUT2D eigenvalue weighted by atomic mass is 16.5. The Labute approximate surface area is 192 Å².